The second-order valence-electron chi connectivity index (χ2n) is 5.44. The van der Waals surface area contributed by atoms with Gasteiger partial charge in [-0.15, -0.1) is 0 Å². The summed E-state index contributed by atoms with van der Waals surface area (Å²) in [5.74, 6) is 0.330. The van der Waals surface area contributed by atoms with Crippen LogP contribution in [0.25, 0.3) is 0 Å². The first-order valence-electron chi connectivity index (χ1n) is 7.69. The molecule has 0 atom stereocenters. The molecule has 0 amide bonds. The average molecular weight is 353 g/mol. The lowest BCUT2D eigenvalue weighted by Gasteiger charge is -2.12. The van der Waals surface area contributed by atoms with Gasteiger partial charge in [0.25, 0.3) is 0 Å². The van der Waals surface area contributed by atoms with E-state index in [1.54, 1.807) is 36.4 Å². The summed E-state index contributed by atoms with van der Waals surface area (Å²) in [7, 11) is 1.53. The molecule has 4 nitrogen and oxygen atoms in total. The van der Waals surface area contributed by atoms with Crippen LogP contribution in [0.1, 0.15) is 15.9 Å². The summed E-state index contributed by atoms with van der Waals surface area (Å²) in [6.45, 7) is 0. The number of ether oxygens (including phenoxy) is 1. The van der Waals surface area contributed by atoms with E-state index in [0.717, 1.165) is 11.4 Å². The summed E-state index contributed by atoms with van der Waals surface area (Å²) in [5.41, 5.74) is 8.98. The largest absolute Gasteiger partial charge is 0.496 e. The molecule has 0 unspecified atom stereocenters. The lowest BCUT2D eigenvalue weighted by Crippen LogP contribution is -2.05. The summed E-state index contributed by atoms with van der Waals surface area (Å²) in [4.78, 5) is 12.8. The molecule has 3 rings (SSSR count). The Labute approximate surface area is 151 Å². The zero-order valence-electron chi connectivity index (χ0n) is 13.6. The van der Waals surface area contributed by atoms with Crippen molar-refractivity contribution in [1.29, 1.82) is 0 Å². The molecule has 0 aliphatic heterocycles. The highest BCUT2D eigenvalue weighted by Gasteiger charge is 2.17. The van der Waals surface area contributed by atoms with E-state index in [4.69, 9.17) is 22.1 Å². The Bertz CT molecular complexity index is 925. The summed E-state index contributed by atoms with van der Waals surface area (Å²) in [6.07, 6.45) is 0. The van der Waals surface area contributed by atoms with Crippen molar-refractivity contribution in [1.82, 2.24) is 0 Å². The van der Waals surface area contributed by atoms with Crippen LogP contribution in [0.4, 0.5) is 17.1 Å². The molecule has 3 aromatic carbocycles. The predicted octanol–water partition coefficient (Wildman–Crippen LogP) is 4.91. The zero-order chi connectivity index (χ0) is 17.8. The summed E-state index contributed by atoms with van der Waals surface area (Å²) in [6, 6.07) is 19.7. The molecule has 126 valence electrons. The Morgan fingerprint density at radius 1 is 1.00 bits per heavy atom. The number of benzene rings is 3. The number of rotatable bonds is 5. The maximum atomic E-state index is 12.8. The summed E-state index contributed by atoms with van der Waals surface area (Å²) >= 11 is 6.34. The quantitative estimate of drug-likeness (QED) is 0.506. The predicted molar refractivity (Wildman–Crippen MR) is 102 cm³/mol. The lowest BCUT2D eigenvalue weighted by molar-refractivity contribution is 0.103. The van der Waals surface area contributed by atoms with Gasteiger partial charge in [-0.3, -0.25) is 4.79 Å². The minimum Gasteiger partial charge on any atom is -0.496 e. The average Bonchev–Trinajstić information content (AvgIpc) is 2.63. The van der Waals surface area contributed by atoms with Crippen LogP contribution in [0, 0.1) is 0 Å². The second-order valence-corrected chi connectivity index (χ2v) is 5.84. The van der Waals surface area contributed by atoms with Gasteiger partial charge in [0.2, 0.25) is 0 Å². The van der Waals surface area contributed by atoms with Crippen LogP contribution in [0.15, 0.2) is 66.7 Å². The van der Waals surface area contributed by atoms with Crippen molar-refractivity contribution < 1.29 is 9.53 Å². The van der Waals surface area contributed by atoms with Crippen LogP contribution in [-0.4, -0.2) is 12.9 Å². The fourth-order valence-corrected chi connectivity index (χ4v) is 2.79. The van der Waals surface area contributed by atoms with E-state index in [1.807, 2.05) is 30.3 Å². The zero-order valence-corrected chi connectivity index (χ0v) is 14.4. The Hall–Kier alpha value is -2.98. The van der Waals surface area contributed by atoms with E-state index in [2.05, 4.69) is 5.32 Å². The Morgan fingerprint density at radius 2 is 1.72 bits per heavy atom. The van der Waals surface area contributed by atoms with Gasteiger partial charge in [0.15, 0.2) is 5.78 Å². The van der Waals surface area contributed by atoms with Crippen molar-refractivity contribution in [2.24, 2.45) is 0 Å². The molecular weight excluding hydrogens is 336 g/mol. The first-order chi connectivity index (χ1) is 12.1. The first-order valence-corrected chi connectivity index (χ1v) is 8.06. The standard InChI is InChI=1S/C20H17ClN2O2/c1-25-19-9-5-2-6-15(19)20(24)14-11-10-13(12-16(14)21)23-18-8-4-3-7-17(18)22/h2-12,23H,22H2,1H3. The van der Waals surface area contributed by atoms with Gasteiger partial charge in [0.05, 0.1) is 29.1 Å². The number of carbonyl (C=O) groups is 1. The van der Waals surface area contributed by atoms with Gasteiger partial charge in [0, 0.05) is 11.3 Å². The van der Waals surface area contributed by atoms with Gasteiger partial charge < -0.3 is 15.8 Å². The molecule has 0 aromatic heterocycles. The van der Waals surface area contributed by atoms with Crippen molar-refractivity contribution in [2.45, 2.75) is 0 Å². The molecule has 0 spiro atoms. The lowest BCUT2D eigenvalue weighted by atomic mass is 10.0. The minimum atomic E-state index is -0.187. The summed E-state index contributed by atoms with van der Waals surface area (Å²) < 4.78 is 5.25. The number of nitrogens with two attached hydrogens (primary N) is 1. The minimum absolute atomic E-state index is 0.187. The van der Waals surface area contributed by atoms with Crippen molar-refractivity contribution >= 4 is 34.4 Å². The van der Waals surface area contributed by atoms with Gasteiger partial charge in [-0.25, -0.2) is 0 Å². The molecule has 5 heteroatoms. The maximum absolute atomic E-state index is 12.8. The SMILES string of the molecule is COc1ccccc1C(=O)c1ccc(Nc2ccccc2N)cc1Cl. The molecular formula is C20H17ClN2O2. The van der Waals surface area contributed by atoms with Crippen molar-refractivity contribution in [3.8, 4) is 5.75 Å². The summed E-state index contributed by atoms with van der Waals surface area (Å²) in [5, 5.41) is 3.55. The molecule has 0 heterocycles. The maximum Gasteiger partial charge on any atom is 0.198 e. The van der Waals surface area contributed by atoms with E-state index < -0.39 is 0 Å². The van der Waals surface area contributed by atoms with Gasteiger partial charge >= 0.3 is 0 Å². The molecule has 0 bridgehead atoms. The molecule has 3 aromatic rings. The molecule has 3 N–H and O–H groups in total. The first kappa shape index (κ1) is 16.9. The molecule has 0 saturated heterocycles. The van der Waals surface area contributed by atoms with E-state index >= 15 is 0 Å². The fraction of sp³-hybridized carbons (Fsp3) is 0.0500. The molecule has 0 saturated carbocycles. The number of carbonyl (C=O) groups excluding carboxylic acids is 1. The topological polar surface area (TPSA) is 64.3 Å². The monoisotopic (exact) mass is 352 g/mol. The van der Waals surface area contributed by atoms with E-state index in [-0.39, 0.29) is 5.78 Å². The highest BCUT2D eigenvalue weighted by atomic mass is 35.5. The molecule has 25 heavy (non-hydrogen) atoms. The number of para-hydroxylation sites is 3. The van der Waals surface area contributed by atoms with E-state index in [9.17, 15) is 4.79 Å². The highest BCUT2D eigenvalue weighted by molar-refractivity contribution is 6.35. The van der Waals surface area contributed by atoms with E-state index in [1.165, 1.54) is 7.11 Å². The Morgan fingerprint density at radius 3 is 2.44 bits per heavy atom. The number of halogens is 1. The third kappa shape index (κ3) is 3.59. The number of anilines is 3. The molecule has 0 aliphatic rings. The Kier molecular flexibility index (Phi) is 4.91. The number of methoxy groups -OCH3 is 1. The normalized spacial score (nSPS) is 10.3. The van der Waals surface area contributed by atoms with Gasteiger partial charge in [-0.1, -0.05) is 35.9 Å². The number of hydrogen-bond donors (Lipinski definition) is 2. The molecule has 0 fully saturated rings. The van der Waals surface area contributed by atoms with Gasteiger partial charge in [-0.2, -0.15) is 0 Å². The van der Waals surface area contributed by atoms with Crippen LogP contribution < -0.4 is 15.8 Å². The molecule has 0 radical (unpaired) electrons. The third-order valence-corrected chi connectivity index (χ3v) is 4.12. The second kappa shape index (κ2) is 7.28. The number of nitrogen functional groups attached to an aromatic ring is 1. The number of ketones is 1. The van der Waals surface area contributed by atoms with E-state index in [0.29, 0.717) is 27.6 Å². The van der Waals surface area contributed by atoms with Crippen LogP contribution >= 0.6 is 11.6 Å². The van der Waals surface area contributed by atoms with Crippen molar-refractivity contribution in [2.75, 3.05) is 18.2 Å². The number of hydrogen-bond acceptors (Lipinski definition) is 4. The molecule has 0 aliphatic carbocycles. The number of nitrogens with one attached hydrogen (secondary N) is 1. The Balaban J connectivity index is 1.90. The van der Waals surface area contributed by atoms with Crippen LogP contribution in [0.2, 0.25) is 5.02 Å². The van der Waals surface area contributed by atoms with Gasteiger partial charge in [0.1, 0.15) is 5.75 Å². The van der Waals surface area contributed by atoms with Crippen LogP contribution in [-0.2, 0) is 0 Å². The smallest absolute Gasteiger partial charge is 0.198 e. The van der Waals surface area contributed by atoms with Crippen molar-refractivity contribution in [3.05, 3.63) is 82.9 Å². The van der Waals surface area contributed by atoms with Crippen LogP contribution in [0.3, 0.4) is 0 Å². The third-order valence-electron chi connectivity index (χ3n) is 3.81. The van der Waals surface area contributed by atoms with Crippen molar-refractivity contribution in [3.63, 3.8) is 0 Å². The van der Waals surface area contributed by atoms with Gasteiger partial charge in [-0.05, 0) is 42.5 Å². The fourth-order valence-electron chi connectivity index (χ4n) is 2.52. The highest BCUT2D eigenvalue weighted by Crippen LogP contribution is 2.29. The van der Waals surface area contributed by atoms with Crippen LogP contribution in [0.5, 0.6) is 5.75 Å².